The van der Waals surface area contributed by atoms with Crippen LogP contribution in [0.4, 0.5) is 0 Å². The van der Waals surface area contributed by atoms with Gasteiger partial charge in [0.05, 0.1) is 25.4 Å². The van der Waals surface area contributed by atoms with Crippen molar-refractivity contribution in [3.8, 4) is 0 Å². The highest BCUT2D eigenvalue weighted by Gasteiger charge is 2.20. The molecule has 2 unspecified atom stereocenters. The van der Waals surface area contributed by atoms with Crippen molar-refractivity contribution >= 4 is 11.9 Å². The number of aliphatic hydroxyl groups is 2. The molecule has 0 heterocycles. The topological polar surface area (TPSA) is 95.9 Å². The molecular weight excluding hydrogens is 803 g/mol. The van der Waals surface area contributed by atoms with E-state index in [-0.39, 0.29) is 18.5 Å². The van der Waals surface area contributed by atoms with E-state index in [0.29, 0.717) is 25.9 Å². The number of hydrogen-bond acceptors (Lipinski definition) is 5. The molecule has 3 N–H and O–H groups in total. The summed E-state index contributed by atoms with van der Waals surface area (Å²) in [6, 6.07) is -0.538. The Morgan fingerprint density at radius 1 is 0.431 bits per heavy atom. The van der Waals surface area contributed by atoms with Crippen LogP contribution in [-0.2, 0) is 14.3 Å². The lowest BCUT2D eigenvalue weighted by Crippen LogP contribution is -2.45. The largest absolute Gasteiger partial charge is 0.466 e. The van der Waals surface area contributed by atoms with Crippen molar-refractivity contribution in [2.75, 3.05) is 13.2 Å². The Bertz CT molecular complexity index is 1010. The third-order valence-corrected chi connectivity index (χ3v) is 13.5. The predicted molar refractivity (Wildman–Crippen MR) is 283 cm³/mol. The van der Waals surface area contributed by atoms with E-state index >= 15 is 0 Å². The summed E-state index contributed by atoms with van der Waals surface area (Å²) in [4.78, 5) is 24.4. The molecule has 6 heteroatoms. The number of ether oxygens (including phenoxy) is 1. The zero-order valence-corrected chi connectivity index (χ0v) is 43.7. The normalized spacial score (nSPS) is 12.7. The summed E-state index contributed by atoms with van der Waals surface area (Å²) in [5.41, 5.74) is 0. The Balaban J connectivity index is 3.34. The highest BCUT2D eigenvalue weighted by Crippen LogP contribution is 2.17. The fraction of sp³-hybridized carbons (Fsp3) is 0.898. The van der Waals surface area contributed by atoms with Crippen molar-refractivity contribution in [1.82, 2.24) is 5.32 Å². The first-order valence-electron chi connectivity index (χ1n) is 29.1. The van der Waals surface area contributed by atoms with Crippen LogP contribution < -0.4 is 5.32 Å². The minimum absolute atomic E-state index is 0.000758. The highest BCUT2D eigenvalue weighted by atomic mass is 16.5. The molecule has 2 atom stereocenters. The van der Waals surface area contributed by atoms with Gasteiger partial charge in [-0.25, -0.2) is 0 Å². The van der Waals surface area contributed by atoms with Crippen LogP contribution >= 0.6 is 0 Å². The highest BCUT2D eigenvalue weighted by molar-refractivity contribution is 5.76. The van der Waals surface area contributed by atoms with Gasteiger partial charge in [-0.05, 0) is 51.4 Å². The average Bonchev–Trinajstić information content (AvgIpc) is 3.31. The molecule has 0 saturated heterocycles. The number of rotatable bonds is 54. The maximum absolute atomic E-state index is 12.4. The summed E-state index contributed by atoms with van der Waals surface area (Å²) in [5.74, 6) is -0.0342. The number of aliphatic hydroxyl groups excluding tert-OH is 2. The van der Waals surface area contributed by atoms with E-state index in [9.17, 15) is 19.8 Å². The Kier molecular flexibility index (Phi) is 53.5. The summed E-state index contributed by atoms with van der Waals surface area (Å²) < 4.78 is 5.47. The van der Waals surface area contributed by atoms with E-state index in [4.69, 9.17) is 4.74 Å². The van der Waals surface area contributed by atoms with Crippen LogP contribution in [0.1, 0.15) is 316 Å². The number of esters is 1. The summed E-state index contributed by atoms with van der Waals surface area (Å²) in [5, 5.41) is 23.1. The Labute approximate surface area is 405 Å². The van der Waals surface area contributed by atoms with Crippen LogP contribution in [-0.4, -0.2) is 47.4 Å². The van der Waals surface area contributed by atoms with Gasteiger partial charge in [0.1, 0.15) is 0 Å². The van der Waals surface area contributed by atoms with Gasteiger partial charge in [0.25, 0.3) is 0 Å². The molecule has 0 aromatic heterocycles. The lowest BCUT2D eigenvalue weighted by Gasteiger charge is -2.22. The Hall–Kier alpha value is -1.66. The van der Waals surface area contributed by atoms with E-state index in [1.165, 1.54) is 231 Å². The van der Waals surface area contributed by atoms with Gasteiger partial charge in [-0.1, -0.05) is 276 Å². The quantitative estimate of drug-likeness (QED) is 0.0321. The van der Waals surface area contributed by atoms with Crippen LogP contribution in [0.2, 0.25) is 0 Å². The van der Waals surface area contributed by atoms with Gasteiger partial charge >= 0.3 is 5.97 Å². The molecule has 0 spiro atoms. The molecule has 0 aliphatic rings. The van der Waals surface area contributed by atoms with Gasteiger partial charge < -0.3 is 20.3 Å². The minimum atomic E-state index is -0.661. The third kappa shape index (κ3) is 51.6. The maximum atomic E-state index is 12.4. The van der Waals surface area contributed by atoms with Gasteiger partial charge in [-0.2, -0.15) is 0 Å². The first-order chi connectivity index (χ1) is 32.0. The smallest absolute Gasteiger partial charge is 0.305 e. The molecule has 0 aliphatic carbocycles. The van der Waals surface area contributed by atoms with Crippen LogP contribution in [0, 0.1) is 0 Å². The average molecular weight is 917 g/mol. The first kappa shape index (κ1) is 63.3. The molecule has 0 saturated carbocycles. The van der Waals surface area contributed by atoms with Crippen molar-refractivity contribution in [2.24, 2.45) is 0 Å². The monoisotopic (exact) mass is 916 g/mol. The second kappa shape index (κ2) is 54.9. The fourth-order valence-corrected chi connectivity index (χ4v) is 9.01. The molecule has 0 aromatic rings. The summed E-state index contributed by atoms with van der Waals surface area (Å²) in [6.07, 6.45) is 66.1. The van der Waals surface area contributed by atoms with Crippen LogP contribution in [0.15, 0.2) is 24.3 Å². The number of allylic oxidation sites excluding steroid dienone is 4. The van der Waals surface area contributed by atoms with E-state index < -0.39 is 12.1 Å². The number of unbranched alkanes of at least 4 members (excludes halogenated alkanes) is 39. The van der Waals surface area contributed by atoms with Crippen molar-refractivity contribution in [2.45, 2.75) is 328 Å². The molecule has 0 aromatic carbocycles. The molecule has 0 fully saturated rings. The zero-order valence-electron chi connectivity index (χ0n) is 43.7. The lowest BCUT2D eigenvalue weighted by molar-refractivity contribution is -0.143. The summed E-state index contributed by atoms with van der Waals surface area (Å²) in [6.45, 7) is 4.90. The van der Waals surface area contributed by atoms with Crippen LogP contribution in [0.25, 0.3) is 0 Å². The second-order valence-electron chi connectivity index (χ2n) is 20.0. The Morgan fingerprint density at radius 3 is 1.22 bits per heavy atom. The van der Waals surface area contributed by atoms with Gasteiger partial charge in [0.15, 0.2) is 0 Å². The van der Waals surface area contributed by atoms with E-state index in [0.717, 1.165) is 51.4 Å². The summed E-state index contributed by atoms with van der Waals surface area (Å²) >= 11 is 0. The van der Waals surface area contributed by atoms with Crippen molar-refractivity contribution < 1.29 is 24.5 Å². The molecule has 6 nitrogen and oxygen atoms in total. The number of carbonyl (C=O) groups is 2. The molecule has 0 radical (unpaired) electrons. The van der Waals surface area contributed by atoms with E-state index in [1.54, 1.807) is 0 Å². The van der Waals surface area contributed by atoms with Gasteiger partial charge in [-0.15, -0.1) is 0 Å². The summed E-state index contributed by atoms with van der Waals surface area (Å²) in [7, 11) is 0. The van der Waals surface area contributed by atoms with Crippen LogP contribution in [0.3, 0.4) is 0 Å². The van der Waals surface area contributed by atoms with Crippen molar-refractivity contribution in [3.05, 3.63) is 24.3 Å². The van der Waals surface area contributed by atoms with E-state index in [2.05, 4.69) is 43.5 Å². The molecule has 0 aliphatic heterocycles. The van der Waals surface area contributed by atoms with Gasteiger partial charge in [0, 0.05) is 12.8 Å². The predicted octanol–water partition coefficient (Wildman–Crippen LogP) is 17.9. The maximum Gasteiger partial charge on any atom is 0.305 e. The molecule has 384 valence electrons. The lowest BCUT2D eigenvalue weighted by atomic mass is 10.0. The molecule has 0 bridgehead atoms. The minimum Gasteiger partial charge on any atom is -0.466 e. The molecular formula is C59H113NO5. The number of carbonyl (C=O) groups excluding carboxylic acids is 2. The standard InChI is InChI=1S/C59H113NO5/c1-3-5-7-9-11-13-15-16-30-33-37-41-45-49-53-59(64)65-54-50-46-42-38-34-31-28-26-24-22-20-18-17-19-21-23-25-27-29-32-36-40-44-48-52-58(63)60-56(55-61)57(62)51-47-43-39-35-14-12-10-8-6-4-2/h9,11,15-16,56-57,61-62H,3-8,10,12-14,17-55H2,1-2H3,(H,60,63)/b11-9-,16-15-. The molecule has 0 rings (SSSR count). The number of amides is 1. The second-order valence-corrected chi connectivity index (χ2v) is 20.0. The number of hydrogen-bond donors (Lipinski definition) is 3. The Morgan fingerprint density at radius 2 is 0.785 bits per heavy atom. The van der Waals surface area contributed by atoms with E-state index in [1.807, 2.05) is 0 Å². The van der Waals surface area contributed by atoms with Gasteiger partial charge in [-0.3, -0.25) is 9.59 Å². The van der Waals surface area contributed by atoms with Crippen molar-refractivity contribution in [3.63, 3.8) is 0 Å². The fourth-order valence-electron chi connectivity index (χ4n) is 9.01. The SMILES string of the molecule is CCCC/C=C\C/C=C\CCCCCCCC(=O)OCCCCCCCCCCCCCCCCCCCCCCCCCCC(=O)NC(CO)C(O)CCCCCCCCCCCC. The molecule has 65 heavy (non-hydrogen) atoms. The van der Waals surface area contributed by atoms with Gasteiger partial charge in [0.2, 0.25) is 5.91 Å². The molecule has 1 amide bonds. The van der Waals surface area contributed by atoms with Crippen molar-refractivity contribution in [1.29, 1.82) is 0 Å². The zero-order chi connectivity index (χ0) is 47.2. The number of nitrogens with one attached hydrogen (secondary N) is 1. The van der Waals surface area contributed by atoms with Crippen LogP contribution in [0.5, 0.6) is 0 Å². The first-order valence-corrected chi connectivity index (χ1v) is 29.1. The third-order valence-electron chi connectivity index (χ3n) is 13.5.